The van der Waals surface area contributed by atoms with E-state index in [2.05, 4.69) is 5.92 Å². The molecule has 1 rings (SSSR count). The molecule has 0 aromatic rings. The zero-order chi connectivity index (χ0) is 8.48. The predicted octanol–water partition coefficient (Wildman–Crippen LogP) is 1.88. The molecule has 0 amide bonds. The molecule has 2 atom stereocenters. The van der Waals surface area contributed by atoms with E-state index in [4.69, 9.17) is 6.42 Å². The highest BCUT2D eigenvalue weighted by molar-refractivity contribution is 8.57. The largest absolute Gasteiger partial charge is 0.295 e. The van der Waals surface area contributed by atoms with Crippen LogP contribution < -0.4 is 0 Å². The van der Waals surface area contributed by atoms with Crippen molar-refractivity contribution < 1.29 is 4.57 Å². The van der Waals surface area contributed by atoms with Gasteiger partial charge in [0.25, 0.3) is 0 Å². The minimum absolute atomic E-state index is 0.0910. The number of rotatable bonds is 1. The normalized spacial score (nSPS) is 38.8. The fraction of sp³-hybridized carbons (Fsp3) is 0.714. The Morgan fingerprint density at radius 1 is 1.82 bits per heavy atom. The Kier molecular flexibility index (Phi) is 2.70. The molecule has 0 bridgehead atoms. The molecule has 2 nitrogen and oxygen atoms in total. The van der Waals surface area contributed by atoms with Crippen molar-refractivity contribution in [2.45, 2.75) is 12.5 Å². The first-order valence-corrected chi connectivity index (χ1v) is 7.16. The number of hydrogen-bond acceptors (Lipinski definition) is 2. The van der Waals surface area contributed by atoms with Gasteiger partial charge in [0, 0.05) is 6.16 Å². The van der Waals surface area contributed by atoms with Crippen molar-refractivity contribution in [1.82, 2.24) is 4.67 Å². The molecule has 0 aromatic carbocycles. The molecule has 0 aromatic heterocycles. The molecule has 62 valence electrons. The molecular weight excluding hydrogens is 177 g/mol. The molecule has 0 saturated carbocycles. The van der Waals surface area contributed by atoms with Crippen molar-refractivity contribution in [3.63, 3.8) is 0 Å². The van der Waals surface area contributed by atoms with Gasteiger partial charge in [-0.3, -0.25) is 4.57 Å². The lowest BCUT2D eigenvalue weighted by Crippen LogP contribution is -2.19. The first-order valence-electron chi connectivity index (χ1n) is 3.48. The van der Waals surface area contributed by atoms with Gasteiger partial charge in [0.05, 0.1) is 6.04 Å². The van der Waals surface area contributed by atoms with E-state index < -0.39 is 6.49 Å². The number of hydrogen-bond donors (Lipinski definition) is 0. The maximum Gasteiger partial charge on any atom is 0.204 e. The van der Waals surface area contributed by atoms with Crippen LogP contribution in [0.1, 0.15) is 6.42 Å². The van der Waals surface area contributed by atoms with Crippen molar-refractivity contribution in [2.24, 2.45) is 0 Å². The molecule has 0 spiro atoms. The van der Waals surface area contributed by atoms with E-state index in [0.717, 1.165) is 12.6 Å². The van der Waals surface area contributed by atoms with Gasteiger partial charge in [-0.05, 0) is 19.7 Å². The molecule has 1 heterocycles. The third kappa shape index (κ3) is 1.49. The van der Waals surface area contributed by atoms with E-state index >= 15 is 0 Å². The monoisotopic (exact) mass is 189 g/mol. The van der Waals surface area contributed by atoms with Crippen molar-refractivity contribution in [1.29, 1.82) is 0 Å². The van der Waals surface area contributed by atoms with Crippen LogP contribution in [0, 0.1) is 12.3 Å². The molecule has 1 saturated heterocycles. The molecule has 1 aliphatic rings. The summed E-state index contributed by atoms with van der Waals surface area (Å²) < 4.78 is 13.7. The second-order valence-corrected chi connectivity index (χ2v) is 8.11. The van der Waals surface area contributed by atoms with Gasteiger partial charge in [-0.1, -0.05) is 17.3 Å². The highest BCUT2D eigenvalue weighted by atomic mass is 32.7. The van der Waals surface area contributed by atoms with Gasteiger partial charge in [0.1, 0.15) is 0 Å². The van der Waals surface area contributed by atoms with E-state index in [0.29, 0.717) is 0 Å². The SMILES string of the molecule is C#CC1CCP(=O)(SC)N1C. The van der Waals surface area contributed by atoms with Crippen LogP contribution in [0.4, 0.5) is 0 Å². The Morgan fingerprint density at radius 3 is 2.73 bits per heavy atom. The number of nitrogens with zero attached hydrogens (tertiary/aromatic N) is 1. The second kappa shape index (κ2) is 3.23. The van der Waals surface area contributed by atoms with Crippen molar-refractivity contribution in [3.8, 4) is 12.3 Å². The standard InChI is InChI=1S/C7H12NOPS/c1-4-7-5-6-10(9,11-3)8(7)2/h1,7H,5-6H2,2-3H3. The fourth-order valence-electron chi connectivity index (χ4n) is 1.25. The first kappa shape index (κ1) is 9.19. The topological polar surface area (TPSA) is 20.3 Å². The Morgan fingerprint density at radius 2 is 2.45 bits per heavy atom. The van der Waals surface area contributed by atoms with E-state index in [9.17, 15) is 4.57 Å². The molecule has 2 unspecified atom stereocenters. The molecule has 1 aliphatic heterocycles. The Hall–Kier alpha value is 0.1000. The zero-order valence-electron chi connectivity index (χ0n) is 6.78. The minimum Gasteiger partial charge on any atom is -0.295 e. The Labute approximate surface area is 71.9 Å². The zero-order valence-corrected chi connectivity index (χ0v) is 8.49. The summed E-state index contributed by atoms with van der Waals surface area (Å²) in [5, 5.41) is 0. The lowest BCUT2D eigenvalue weighted by Gasteiger charge is -2.20. The highest BCUT2D eigenvalue weighted by Gasteiger charge is 2.38. The van der Waals surface area contributed by atoms with Gasteiger partial charge in [-0.25, -0.2) is 4.67 Å². The van der Waals surface area contributed by atoms with Crippen LogP contribution in [0.2, 0.25) is 0 Å². The van der Waals surface area contributed by atoms with Crippen molar-refractivity contribution >= 4 is 17.9 Å². The maximum absolute atomic E-state index is 11.9. The van der Waals surface area contributed by atoms with Gasteiger partial charge in [-0.2, -0.15) is 0 Å². The van der Waals surface area contributed by atoms with Crippen LogP contribution in [-0.2, 0) is 4.57 Å². The van der Waals surface area contributed by atoms with E-state index in [-0.39, 0.29) is 6.04 Å². The molecular formula is C7H12NOPS. The Bertz CT molecular complexity index is 235. The summed E-state index contributed by atoms with van der Waals surface area (Å²) >= 11 is 1.45. The van der Waals surface area contributed by atoms with E-state index in [1.54, 1.807) is 0 Å². The quantitative estimate of drug-likeness (QED) is 0.464. The van der Waals surface area contributed by atoms with Crippen LogP contribution in [0.25, 0.3) is 0 Å². The smallest absolute Gasteiger partial charge is 0.204 e. The van der Waals surface area contributed by atoms with Crippen LogP contribution >= 0.6 is 17.9 Å². The van der Waals surface area contributed by atoms with Gasteiger partial charge >= 0.3 is 0 Å². The van der Waals surface area contributed by atoms with Gasteiger partial charge in [0.2, 0.25) is 6.49 Å². The number of terminal acetylenes is 1. The van der Waals surface area contributed by atoms with Crippen LogP contribution in [0.5, 0.6) is 0 Å². The summed E-state index contributed by atoms with van der Waals surface area (Å²) in [6.45, 7) is -2.11. The molecule has 11 heavy (non-hydrogen) atoms. The maximum atomic E-state index is 11.9. The average Bonchev–Trinajstić information content (AvgIpc) is 2.31. The van der Waals surface area contributed by atoms with E-state index in [1.165, 1.54) is 11.4 Å². The third-order valence-electron chi connectivity index (χ3n) is 2.09. The lowest BCUT2D eigenvalue weighted by atomic mass is 10.2. The molecule has 0 aliphatic carbocycles. The summed E-state index contributed by atoms with van der Waals surface area (Å²) in [5.41, 5.74) is 0. The fourth-order valence-corrected chi connectivity index (χ4v) is 5.17. The lowest BCUT2D eigenvalue weighted by molar-refractivity contribution is 0.469. The van der Waals surface area contributed by atoms with Crippen LogP contribution in [-0.4, -0.2) is 30.2 Å². The predicted molar refractivity (Wildman–Crippen MR) is 51.0 cm³/mol. The summed E-state index contributed by atoms with van der Waals surface area (Å²) in [5.74, 6) is 2.64. The summed E-state index contributed by atoms with van der Waals surface area (Å²) in [6, 6.07) is 0.0910. The summed E-state index contributed by atoms with van der Waals surface area (Å²) in [4.78, 5) is 0. The van der Waals surface area contributed by atoms with Crippen molar-refractivity contribution in [3.05, 3.63) is 0 Å². The van der Waals surface area contributed by atoms with Gasteiger partial charge in [0.15, 0.2) is 0 Å². The molecule has 1 fully saturated rings. The Balaban J connectivity index is 2.80. The average molecular weight is 189 g/mol. The molecule has 0 N–H and O–H groups in total. The molecule has 0 radical (unpaired) electrons. The van der Waals surface area contributed by atoms with Gasteiger partial charge in [-0.15, -0.1) is 6.42 Å². The third-order valence-corrected chi connectivity index (χ3v) is 7.76. The summed E-state index contributed by atoms with van der Waals surface area (Å²) in [7, 11) is 1.86. The van der Waals surface area contributed by atoms with Gasteiger partial charge < -0.3 is 0 Å². The van der Waals surface area contributed by atoms with E-state index in [1.807, 2.05) is 18.0 Å². The molecule has 4 heteroatoms. The van der Waals surface area contributed by atoms with Crippen LogP contribution in [0.15, 0.2) is 0 Å². The van der Waals surface area contributed by atoms with Crippen molar-refractivity contribution in [2.75, 3.05) is 19.5 Å². The van der Waals surface area contributed by atoms with Crippen LogP contribution in [0.3, 0.4) is 0 Å². The first-order chi connectivity index (χ1) is 5.14. The summed E-state index contributed by atoms with van der Waals surface area (Å²) in [6.07, 6.45) is 8.81. The second-order valence-electron chi connectivity index (χ2n) is 2.59. The minimum atomic E-state index is -2.11. The highest BCUT2D eigenvalue weighted by Crippen LogP contribution is 2.64.